The van der Waals surface area contributed by atoms with E-state index in [4.69, 9.17) is 15.7 Å². The summed E-state index contributed by atoms with van der Waals surface area (Å²) in [5, 5.41) is 13.0. The van der Waals surface area contributed by atoms with E-state index in [0.29, 0.717) is 13.2 Å². The van der Waals surface area contributed by atoms with Crippen LogP contribution in [0.1, 0.15) is 11.1 Å². The van der Waals surface area contributed by atoms with E-state index >= 15 is 0 Å². The van der Waals surface area contributed by atoms with Gasteiger partial charge in [-0.25, -0.2) is 0 Å². The number of rotatable bonds is 6. The Hall–Kier alpha value is -3.10. The molecule has 0 radical (unpaired) electrons. The van der Waals surface area contributed by atoms with Crippen molar-refractivity contribution in [3.8, 4) is 22.9 Å². The second kappa shape index (κ2) is 7.44. The Kier molecular flexibility index (Phi) is 4.90. The van der Waals surface area contributed by atoms with Crippen molar-refractivity contribution < 1.29 is 4.74 Å². The van der Waals surface area contributed by atoms with Crippen molar-refractivity contribution in [3.63, 3.8) is 0 Å². The third kappa shape index (κ3) is 3.62. The summed E-state index contributed by atoms with van der Waals surface area (Å²) < 4.78 is 7.61. The Bertz CT molecular complexity index is 849. The van der Waals surface area contributed by atoms with Crippen LogP contribution >= 0.6 is 0 Å². The fourth-order valence-electron chi connectivity index (χ4n) is 2.45. The number of hydrogen-bond acceptors (Lipinski definition) is 4. The molecule has 120 valence electrons. The first kappa shape index (κ1) is 15.8. The molecular formula is C19H18N4O. The topological polar surface area (TPSA) is 76.9 Å². The second-order valence-electron chi connectivity index (χ2n) is 5.39. The van der Waals surface area contributed by atoms with Crippen molar-refractivity contribution in [1.29, 1.82) is 5.26 Å². The van der Waals surface area contributed by atoms with Gasteiger partial charge in [-0.3, -0.25) is 4.68 Å². The van der Waals surface area contributed by atoms with E-state index in [1.165, 1.54) is 0 Å². The third-order valence-corrected chi connectivity index (χ3v) is 3.69. The zero-order valence-electron chi connectivity index (χ0n) is 13.2. The molecule has 3 aromatic rings. The summed E-state index contributed by atoms with van der Waals surface area (Å²) in [5.74, 6) is 0.771. The highest BCUT2D eigenvalue weighted by molar-refractivity contribution is 5.70. The van der Waals surface area contributed by atoms with Crippen molar-refractivity contribution >= 4 is 0 Å². The third-order valence-electron chi connectivity index (χ3n) is 3.69. The van der Waals surface area contributed by atoms with Gasteiger partial charge in [0.1, 0.15) is 18.9 Å². The van der Waals surface area contributed by atoms with Crippen LogP contribution < -0.4 is 10.5 Å². The Balaban J connectivity index is 1.89. The van der Waals surface area contributed by atoms with Crippen LogP contribution in [0.25, 0.3) is 11.1 Å². The zero-order chi connectivity index (χ0) is 16.8. The number of nitrogens with two attached hydrogens (primary N) is 1. The molecule has 5 nitrogen and oxygen atoms in total. The largest absolute Gasteiger partial charge is 0.488 e. The van der Waals surface area contributed by atoms with Gasteiger partial charge in [-0.15, -0.1) is 0 Å². The Morgan fingerprint density at radius 1 is 1.12 bits per heavy atom. The van der Waals surface area contributed by atoms with Gasteiger partial charge >= 0.3 is 0 Å². The summed E-state index contributed by atoms with van der Waals surface area (Å²) in [5.41, 5.74) is 9.72. The lowest BCUT2D eigenvalue weighted by Crippen LogP contribution is -2.00. The number of nitrogens with zero attached hydrogens (tertiary/aromatic N) is 3. The Morgan fingerprint density at radius 3 is 2.71 bits per heavy atom. The standard InChI is InChI=1S/C19H18N4O/c20-8-9-23-13-17(12-22-23)18-10-16(11-21)6-7-19(18)24-14-15-4-2-1-3-5-15/h1-7,10,12-13H,9,11,14,21H2. The molecule has 0 saturated heterocycles. The van der Waals surface area contributed by atoms with Gasteiger partial charge in [0.25, 0.3) is 0 Å². The van der Waals surface area contributed by atoms with Gasteiger partial charge in [-0.05, 0) is 23.3 Å². The number of aromatic nitrogens is 2. The minimum atomic E-state index is 0.219. The SMILES string of the molecule is N#CCn1cc(-c2cc(CN)ccc2OCc2ccccc2)cn1. The molecule has 0 aliphatic carbocycles. The summed E-state index contributed by atoms with van der Waals surface area (Å²) in [4.78, 5) is 0. The smallest absolute Gasteiger partial charge is 0.128 e. The maximum Gasteiger partial charge on any atom is 0.128 e. The molecular weight excluding hydrogens is 300 g/mol. The average molecular weight is 318 g/mol. The Labute approximate surface area is 140 Å². The minimum absolute atomic E-state index is 0.219. The van der Waals surface area contributed by atoms with E-state index in [1.807, 2.05) is 54.7 Å². The fourth-order valence-corrected chi connectivity index (χ4v) is 2.45. The molecule has 1 aromatic heterocycles. The number of ether oxygens (including phenoxy) is 1. The highest BCUT2D eigenvalue weighted by Gasteiger charge is 2.10. The lowest BCUT2D eigenvalue weighted by molar-refractivity contribution is 0.307. The second-order valence-corrected chi connectivity index (χ2v) is 5.39. The first-order chi connectivity index (χ1) is 11.8. The molecule has 0 aliphatic heterocycles. The Morgan fingerprint density at radius 2 is 1.96 bits per heavy atom. The number of nitriles is 1. The number of hydrogen-bond donors (Lipinski definition) is 1. The monoisotopic (exact) mass is 318 g/mol. The van der Waals surface area contributed by atoms with Crippen molar-refractivity contribution in [2.75, 3.05) is 0 Å². The average Bonchev–Trinajstić information content (AvgIpc) is 3.09. The number of benzene rings is 2. The molecule has 0 fully saturated rings. The highest BCUT2D eigenvalue weighted by atomic mass is 16.5. The van der Waals surface area contributed by atoms with Crippen LogP contribution in [0.5, 0.6) is 5.75 Å². The van der Waals surface area contributed by atoms with E-state index in [-0.39, 0.29) is 6.54 Å². The summed E-state index contributed by atoms with van der Waals surface area (Å²) in [6.45, 7) is 1.16. The van der Waals surface area contributed by atoms with Gasteiger partial charge in [0.05, 0.1) is 12.3 Å². The maximum absolute atomic E-state index is 8.79. The molecule has 24 heavy (non-hydrogen) atoms. The highest BCUT2D eigenvalue weighted by Crippen LogP contribution is 2.31. The molecule has 0 aliphatic rings. The van der Waals surface area contributed by atoms with Gasteiger partial charge in [0.15, 0.2) is 0 Å². The van der Waals surface area contributed by atoms with E-state index in [9.17, 15) is 0 Å². The molecule has 0 atom stereocenters. The molecule has 0 unspecified atom stereocenters. The molecule has 5 heteroatoms. The first-order valence-electron chi connectivity index (χ1n) is 7.69. The van der Waals surface area contributed by atoms with Crippen molar-refractivity contribution in [3.05, 3.63) is 72.1 Å². The van der Waals surface area contributed by atoms with Crippen molar-refractivity contribution in [2.24, 2.45) is 5.73 Å². The molecule has 0 bridgehead atoms. The van der Waals surface area contributed by atoms with Gasteiger partial charge in [-0.2, -0.15) is 10.4 Å². The molecule has 0 spiro atoms. The van der Waals surface area contributed by atoms with E-state index < -0.39 is 0 Å². The zero-order valence-corrected chi connectivity index (χ0v) is 13.2. The van der Waals surface area contributed by atoms with E-state index in [2.05, 4.69) is 11.2 Å². The van der Waals surface area contributed by atoms with Gasteiger partial charge in [0.2, 0.25) is 0 Å². The summed E-state index contributed by atoms with van der Waals surface area (Å²) >= 11 is 0. The van der Waals surface area contributed by atoms with Gasteiger partial charge < -0.3 is 10.5 Å². The van der Waals surface area contributed by atoms with Crippen LogP contribution in [0.2, 0.25) is 0 Å². The molecule has 2 N–H and O–H groups in total. The first-order valence-corrected chi connectivity index (χ1v) is 7.69. The summed E-state index contributed by atoms with van der Waals surface area (Å²) in [6.07, 6.45) is 3.58. The van der Waals surface area contributed by atoms with E-state index in [0.717, 1.165) is 28.0 Å². The van der Waals surface area contributed by atoms with Crippen LogP contribution in [0, 0.1) is 11.3 Å². The fraction of sp³-hybridized carbons (Fsp3) is 0.158. The van der Waals surface area contributed by atoms with Gasteiger partial charge in [-0.1, -0.05) is 36.4 Å². The van der Waals surface area contributed by atoms with Crippen LogP contribution in [-0.2, 0) is 19.7 Å². The summed E-state index contributed by atoms with van der Waals surface area (Å²) in [7, 11) is 0. The normalized spacial score (nSPS) is 10.3. The van der Waals surface area contributed by atoms with Crippen molar-refractivity contribution in [1.82, 2.24) is 9.78 Å². The van der Waals surface area contributed by atoms with Gasteiger partial charge in [0, 0.05) is 23.9 Å². The predicted molar refractivity (Wildman–Crippen MR) is 91.9 cm³/mol. The lowest BCUT2D eigenvalue weighted by Gasteiger charge is -2.12. The van der Waals surface area contributed by atoms with E-state index in [1.54, 1.807) is 10.9 Å². The molecule has 0 amide bonds. The summed E-state index contributed by atoms with van der Waals surface area (Å²) in [6, 6.07) is 18.0. The maximum atomic E-state index is 8.79. The van der Waals surface area contributed by atoms with Crippen LogP contribution in [-0.4, -0.2) is 9.78 Å². The molecule has 3 rings (SSSR count). The van der Waals surface area contributed by atoms with Crippen LogP contribution in [0.4, 0.5) is 0 Å². The van der Waals surface area contributed by atoms with Crippen LogP contribution in [0.15, 0.2) is 60.9 Å². The molecule has 0 saturated carbocycles. The van der Waals surface area contributed by atoms with Crippen LogP contribution in [0.3, 0.4) is 0 Å². The quantitative estimate of drug-likeness (QED) is 0.757. The predicted octanol–water partition coefficient (Wildman–Crippen LogP) is 3.11. The lowest BCUT2D eigenvalue weighted by atomic mass is 10.0. The minimum Gasteiger partial charge on any atom is -0.488 e. The molecule has 1 heterocycles. The molecule has 2 aromatic carbocycles. The van der Waals surface area contributed by atoms with Crippen molar-refractivity contribution in [2.45, 2.75) is 19.7 Å².